The third kappa shape index (κ3) is 81.9. The molecular weight excluding hydrogens is 1390 g/mol. The van der Waals surface area contributed by atoms with Crippen LogP contribution < -0.4 is 0 Å². The van der Waals surface area contributed by atoms with Gasteiger partial charge in [0, 0.05) is 25.7 Å². The number of carbonyl (C=O) groups excluding carboxylic acids is 4. The van der Waals surface area contributed by atoms with Gasteiger partial charge in [-0.1, -0.05) is 432 Å². The van der Waals surface area contributed by atoms with Crippen molar-refractivity contribution in [3.05, 3.63) is 0 Å². The third-order valence-electron chi connectivity index (χ3n) is 20.9. The highest BCUT2D eigenvalue weighted by atomic mass is 31.2. The van der Waals surface area contributed by atoms with Gasteiger partial charge in [-0.2, -0.15) is 0 Å². The molecule has 0 radical (unpaired) electrons. The van der Waals surface area contributed by atoms with Crippen LogP contribution in [0.5, 0.6) is 0 Å². The lowest BCUT2D eigenvalue weighted by molar-refractivity contribution is -0.161. The number of hydrogen-bond acceptors (Lipinski definition) is 15. The monoisotopic (exact) mass is 1560 g/mol. The van der Waals surface area contributed by atoms with E-state index in [9.17, 15) is 43.2 Å². The van der Waals surface area contributed by atoms with E-state index in [2.05, 4.69) is 27.7 Å². The minimum Gasteiger partial charge on any atom is -0.462 e. The van der Waals surface area contributed by atoms with Crippen LogP contribution >= 0.6 is 15.6 Å². The van der Waals surface area contributed by atoms with Crippen LogP contribution in [0, 0.1) is 0 Å². The zero-order valence-corrected chi connectivity index (χ0v) is 71.9. The average Bonchev–Trinajstić information content (AvgIpc) is 0.901. The van der Waals surface area contributed by atoms with Gasteiger partial charge in [-0.25, -0.2) is 9.13 Å². The SMILES string of the molecule is CCCCCCCCCCCCCCCCCCCCCCCC(=O)O[C@H](COC(=O)CCCCCCCCCCCCCCCCCCC)COP(=O)(O)OC[C@@H](O)COP(=O)(O)OC[C@@H](COC(=O)CCCCCCCCCCCCCCC)OC(=O)CCCCCCCCCCCCCCCCCC. The Bertz CT molecular complexity index is 2020. The molecule has 0 bridgehead atoms. The summed E-state index contributed by atoms with van der Waals surface area (Å²) in [7, 11) is -9.93. The number of phosphoric acid groups is 2. The number of aliphatic hydroxyl groups is 1. The molecule has 0 aromatic heterocycles. The normalized spacial score (nSPS) is 13.7. The van der Waals surface area contributed by atoms with Crippen molar-refractivity contribution >= 4 is 39.5 Å². The van der Waals surface area contributed by atoms with E-state index in [1.165, 1.54) is 315 Å². The summed E-state index contributed by atoms with van der Waals surface area (Å²) in [5.74, 6) is -2.09. The summed E-state index contributed by atoms with van der Waals surface area (Å²) < 4.78 is 69.0. The van der Waals surface area contributed by atoms with Crippen molar-refractivity contribution in [1.82, 2.24) is 0 Å². The predicted octanol–water partition coefficient (Wildman–Crippen LogP) is 27.3. The number of carbonyl (C=O) groups is 4. The summed E-state index contributed by atoms with van der Waals surface area (Å²) >= 11 is 0. The molecule has 19 heteroatoms. The Morgan fingerprint density at radius 2 is 0.374 bits per heavy atom. The molecule has 0 aliphatic carbocycles. The highest BCUT2D eigenvalue weighted by molar-refractivity contribution is 7.47. The van der Waals surface area contributed by atoms with Crippen molar-refractivity contribution < 1.29 is 80.2 Å². The molecule has 0 aliphatic heterocycles. The van der Waals surface area contributed by atoms with E-state index in [0.29, 0.717) is 25.7 Å². The Balaban J connectivity index is 5.25. The van der Waals surface area contributed by atoms with E-state index in [4.69, 9.17) is 37.0 Å². The zero-order valence-electron chi connectivity index (χ0n) is 70.1. The second kappa shape index (κ2) is 82.1. The molecule has 0 saturated carbocycles. The summed E-state index contributed by atoms with van der Waals surface area (Å²) in [5.41, 5.74) is 0. The van der Waals surface area contributed by atoms with Gasteiger partial charge in [-0.05, 0) is 25.7 Å². The minimum absolute atomic E-state index is 0.109. The first-order valence-corrected chi connectivity index (χ1v) is 48.8. The molecule has 0 aromatic rings. The topological polar surface area (TPSA) is 237 Å². The molecule has 0 aliphatic rings. The number of rotatable bonds is 89. The van der Waals surface area contributed by atoms with Crippen LogP contribution in [0.4, 0.5) is 0 Å². The fourth-order valence-electron chi connectivity index (χ4n) is 13.9. The Hall–Kier alpha value is -1.94. The van der Waals surface area contributed by atoms with E-state index in [1.807, 2.05) is 0 Å². The third-order valence-corrected chi connectivity index (χ3v) is 22.8. The number of hydrogen-bond donors (Lipinski definition) is 3. The van der Waals surface area contributed by atoms with Gasteiger partial charge >= 0.3 is 39.5 Å². The molecule has 0 fully saturated rings. The quantitative estimate of drug-likeness (QED) is 0.0222. The molecule has 0 amide bonds. The van der Waals surface area contributed by atoms with Crippen molar-refractivity contribution in [3.63, 3.8) is 0 Å². The van der Waals surface area contributed by atoms with Gasteiger partial charge in [0.25, 0.3) is 0 Å². The molecule has 5 atom stereocenters. The highest BCUT2D eigenvalue weighted by Gasteiger charge is 2.30. The van der Waals surface area contributed by atoms with Gasteiger partial charge < -0.3 is 33.8 Å². The Labute approximate surface area is 658 Å². The standard InChI is InChI=1S/C88H172O17P2/c1-5-9-13-17-21-25-29-33-36-39-40-41-42-44-47-51-55-59-63-67-71-75-88(93)105-84(79-99-86(91)73-69-65-61-57-53-49-46-43-37-34-30-26-22-18-14-10-6-2)81-103-107(96,97)101-77-82(89)76-100-106(94,95)102-80-83(78-98-85(90)72-68-64-60-56-52-48-32-28-24-20-16-12-8-4)104-87(92)74-70-66-62-58-54-50-45-38-35-31-27-23-19-15-11-7-3/h82-84,89H,5-81H2,1-4H3,(H,94,95)(H,96,97)/t82-,83+,84+/m0/s1. The molecule has 0 saturated heterocycles. The molecule has 0 rings (SSSR count). The highest BCUT2D eigenvalue weighted by Crippen LogP contribution is 2.45. The summed E-state index contributed by atoms with van der Waals surface area (Å²) in [5, 5.41) is 10.7. The summed E-state index contributed by atoms with van der Waals surface area (Å²) in [6.07, 6.45) is 77.7. The number of ether oxygens (including phenoxy) is 4. The number of aliphatic hydroxyl groups excluding tert-OH is 1. The van der Waals surface area contributed by atoms with Crippen LogP contribution in [-0.4, -0.2) is 96.7 Å². The number of esters is 4. The molecule has 107 heavy (non-hydrogen) atoms. The first-order chi connectivity index (χ1) is 52.2. The predicted molar refractivity (Wildman–Crippen MR) is 442 cm³/mol. The molecule has 17 nitrogen and oxygen atoms in total. The average molecular weight is 1560 g/mol. The van der Waals surface area contributed by atoms with E-state index >= 15 is 0 Å². The van der Waals surface area contributed by atoms with Gasteiger partial charge in [0.05, 0.1) is 26.4 Å². The van der Waals surface area contributed by atoms with Crippen LogP contribution in [0.1, 0.15) is 484 Å². The van der Waals surface area contributed by atoms with Crippen molar-refractivity contribution in [3.8, 4) is 0 Å². The van der Waals surface area contributed by atoms with Crippen LogP contribution in [0.25, 0.3) is 0 Å². The van der Waals surface area contributed by atoms with Crippen molar-refractivity contribution in [2.75, 3.05) is 39.6 Å². The van der Waals surface area contributed by atoms with Crippen molar-refractivity contribution in [2.24, 2.45) is 0 Å². The number of unbranched alkanes of at least 4 members (excludes halogenated alkanes) is 63. The van der Waals surface area contributed by atoms with E-state index < -0.39 is 97.5 Å². The van der Waals surface area contributed by atoms with Crippen LogP contribution in [0.2, 0.25) is 0 Å². The minimum atomic E-state index is -4.97. The Kier molecular flexibility index (Phi) is 80.6. The van der Waals surface area contributed by atoms with Crippen LogP contribution in [0.3, 0.4) is 0 Å². The van der Waals surface area contributed by atoms with Crippen LogP contribution in [0.15, 0.2) is 0 Å². The second-order valence-corrected chi connectivity index (χ2v) is 34.5. The maximum Gasteiger partial charge on any atom is 0.472 e. The fourth-order valence-corrected chi connectivity index (χ4v) is 15.5. The Morgan fingerprint density at radius 3 is 0.551 bits per heavy atom. The van der Waals surface area contributed by atoms with E-state index in [0.717, 1.165) is 89.9 Å². The van der Waals surface area contributed by atoms with Gasteiger partial charge in [0.1, 0.15) is 19.3 Å². The summed E-state index contributed by atoms with van der Waals surface area (Å²) in [4.78, 5) is 73.3. The van der Waals surface area contributed by atoms with Crippen molar-refractivity contribution in [1.29, 1.82) is 0 Å². The molecule has 636 valence electrons. The molecule has 0 aromatic carbocycles. The van der Waals surface area contributed by atoms with Gasteiger partial charge in [-0.15, -0.1) is 0 Å². The molecule has 2 unspecified atom stereocenters. The van der Waals surface area contributed by atoms with Crippen LogP contribution in [-0.2, 0) is 65.4 Å². The smallest absolute Gasteiger partial charge is 0.462 e. The largest absolute Gasteiger partial charge is 0.472 e. The maximum absolute atomic E-state index is 13.2. The van der Waals surface area contributed by atoms with Gasteiger partial charge in [0.15, 0.2) is 12.2 Å². The molecule has 0 heterocycles. The van der Waals surface area contributed by atoms with E-state index in [-0.39, 0.29) is 25.7 Å². The van der Waals surface area contributed by atoms with E-state index in [1.54, 1.807) is 0 Å². The first kappa shape index (κ1) is 105. The lowest BCUT2D eigenvalue weighted by Gasteiger charge is -2.21. The van der Waals surface area contributed by atoms with Gasteiger partial charge in [-0.3, -0.25) is 37.3 Å². The maximum atomic E-state index is 13.2. The summed E-state index contributed by atoms with van der Waals surface area (Å²) in [6.45, 7) is 5.08. The number of phosphoric ester groups is 2. The Morgan fingerprint density at radius 1 is 0.224 bits per heavy atom. The molecule has 3 N–H and O–H groups in total. The fraction of sp³-hybridized carbons (Fsp3) is 0.955. The molecule has 0 spiro atoms. The first-order valence-electron chi connectivity index (χ1n) is 45.8. The van der Waals surface area contributed by atoms with Crippen molar-refractivity contribution in [2.45, 2.75) is 502 Å². The molecular formula is C88H172O17P2. The summed E-state index contributed by atoms with van der Waals surface area (Å²) in [6, 6.07) is 0. The lowest BCUT2D eigenvalue weighted by Crippen LogP contribution is -2.30. The van der Waals surface area contributed by atoms with Gasteiger partial charge in [0.2, 0.25) is 0 Å². The second-order valence-electron chi connectivity index (χ2n) is 31.6. The zero-order chi connectivity index (χ0) is 78.1. The lowest BCUT2D eigenvalue weighted by atomic mass is 10.0.